The lowest BCUT2D eigenvalue weighted by Gasteiger charge is -2.22. The van der Waals surface area contributed by atoms with Crippen molar-refractivity contribution in [1.82, 2.24) is 25.2 Å². The Hall–Kier alpha value is -2.48. The number of benzene rings is 1. The van der Waals surface area contributed by atoms with Crippen LogP contribution in [0.15, 0.2) is 41.6 Å². The molecule has 0 fully saturated rings. The SMILES string of the molecule is Cc1cnc(CN(N)NC(N)c2ccc(S(=O)(=O)NCC(N)=O)cc2)cn1. The number of nitrogens with zero attached hydrogens (tertiary/aromatic N) is 3. The van der Waals surface area contributed by atoms with Crippen LogP contribution in [0.4, 0.5) is 0 Å². The van der Waals surface area contributed by atoms with Gasteiger partial charge < -0.3 is 11.5 Å². The van der Waals surface area contributed by atoms with Crippen molar-refractivity contribution in [2.45, 2.75) is 24.5 Å². The summed E-state index contributed by atoms with van der Waals surface area (Å²) in [5, 5.41) is 1.27. The minimum Gasteiger partial charge on any atom is -0.369 e. The van der Waals surface area contributed by atoms with Crippen molar-refractivity contribution in [3.63, 3.8) is 0 Å². The Labute approximate surface area is 156 Å². The van der Waals surface area contributed by atoms with Gasteiger partial charge in [-0.2, -0.15) is 5.12 Å². The van der Waals surface area contributed by atoms with E-state index in [2.05, 4.69) is 20.1 Å². The first kappa shape index (κ1) is 20.8. The second kappa shape index (κ2) is 8.94. The first-order valence-corrected chi connectivity index (χ1v) is 9.35. The highest BCUT2D eigenvalue weighted by molar-refractivity contribution is 7.89. The number of aryl methyl sites for hydroxylation is 1. The average molecular weight is 394 g/mol. The smallest absolute Gasteiger partial charge is 0.241 e. The number of hydrogen-bond donors (Lipinski definition) is 5. The van der Waals surface area contributed by atoms with Crippen LogP contribution < -0.4 is 27.5 Å². The van der Waals surface area contributed by atoms with Crippen LogP contribution in [0.3, 0.4) is 0 Å². The maximum atomic E-state index is 12.0. The van der Waals surface area contributed by atoms with E-state index >= 15 is 0 Å². The molecule has 0 aliphatic rings. The largest absolute Gasteiger partial charge is 0.369 e. The number of amides is 1. The fourth-order valence-electron chi connectivity index (χ4n) is 2.08. The second-order valence-electron chi connectivity index (χ2n) is 5.74. The molecular formula is C15H22N8O3S. The molecule has 0 spiro atoms. The molecular weight excluding hydrogens is 372 g/mol. The number of primary amides is 1. The van der Waals surface area contributed by atoms with Gasteiger partial charge in [-0.15, -0.1) is 0 Å². The van der Waals surface area contributed by atoms with E-state index in [1.807, 2.05) is 6.92 Å². The highest BCUT2D eigenvalue weighted by Crippen LogP contribution is 2.14. The first-order chi connectivity index (χ1) is 12.7. The van der Waals surface area contributed by atoms with Gasteiger partial charge in [0, 0.05) is 6.20 Å². The van der Waals surface area contributed by atoms with E-state index in [-0.39, 0.29) is 11.4 Å². The van der Waals surface area contributed by atoms with Crippen molar-refractivity contribution in [2.75, 3.05) is 6.54 Å². The zero-order chi connectivity index (χ0) is 20.0. The highest BCUT2D eigenvalue weighted by Gasteiger charge is 2.16. The van der Waals surface area contributed by atoms with Gasteiger partial charge in [0.15, 0.2) is 0 Å². The molecule has 146 valence electrons. The van der Waals surface area contributed by atoms with Crippen LogP contribution in [0, 0.1) is 6.92 Å². The van der Waals surface area contributed by atoms with E-state index < -0.39 is 28.6 Å². The number of carbonyl (C=O) groups is 1. The van der Waals surface area contributed by atoms with Gasteiger partial charge in [-0.3, -0.25) is 20.6 Å². The quantitative estimate of drug-likeness (QED) is 0.190. The fourth-order valence-corrected chi connectivity index (χ4v) is 3.07. The molecule has 1 aromatic heterocycles. The summed E-state index contributed by atoms with van der Waals surface area (Å²) in [4.78, 5) is 19.0. The van der Waals surface area contributed by atoms with Gasteiger partial charge in [0.05, 0.1) is 41.7 Å². The fraction of sp³-hybridized carbons (Fsp3) is 0.267. The Bertz CT molecular complexity index is 871. The Morgan fingerprint density at radius 1 is 1.22 bits per heavy atom. The monoisotopic (exact) mass is 394 g/mol. The molecule has 8 N–H and O–H groups in total. The number of sulfonamides is 1. The van der Waals surface area contributed by atoms with Crippen molar-refractivity contribution in [1.29, 1.82) is 0 Å². The van der Waals surface area contributed by atoms with E-state index in [1.54, 1.807) is 12.4 Å². The number of nitrogens with one attached hydrogen (secondary N) is 2. The summed E-state index contributed by atoms with van der Waals surface area (Å²) in [7, 11) is -3.83. The van der Waals surface area contributed by atoms with E-state index in [0.717, 1.165) is 5.69 Å². The van der Waals surface area contributed by atoms with Gasteiger partial charge >= 0.3 is 0 Å². The Morgan fingerprint density at radius 3 is 2.44 bits per heavy atom. The summed E-state index contributed by atoms with van der Waals surface area (Å²) in [6, 6.07) is 5.81. The van der Waals surface area contributed by atoms with Crippen LogP contribution in [-0.2, 0) is 21.4 Å². The molecule has 0 bridgehead atoms. The van der Waals surface area contributed by atoms with E-state index in [0.29, 0.717) is 11.3 Å². The van der Waals surface area contributed by atoms with E-state index in [9.17, 15) is 13.2 Å². The predicted octanol–water partition coefficient (Wildman–Crippen LogP) is -1.61. The van der Waals surface area contributed by atoms with Gasteiger partial charge in [0.25, 0.3) is 0 Å². The number of hydrazine groups is 2. The molecule has 2 aromatic rings. The van der Waals surface area contributed by atoms with Crippen molar-refractivity contribution in [3.8, 4) is 0 Å². The molecule has 1 unspecified atom stereocenters. The minimum absolute atomic E-state index is 0.0146. The van der Waals surface area contributed by atoms with Crippen LogP contribution >= 0.6 is 0 Å². The third-order valence-corrected chi connectivity index (χ3v) is 4.87. The number of rotatable bonds is 9. The Balaban J connectivity index is 1.97. The molecule has 0 saturated carbocycles. The molecule has 1 heterocycles. The lowest BCUT2D eigenvalue weighted by atomic mass is 10.2. The minimum atomic E-state index is -3.83. The van der Waals surface area contributed by atoms with Crippen LogP contribution in [0.2, 0.25) is 0 Å². The van der Waals surface area contributed by atoms with Gasteiger partial charge in [0.1, 0.15) is 0 Å². The maximum absolute atomic E-state index is 12.0. The van der Waals surface area contributed by atoms with Gasteiger partial charge in [-0.25, -0.2) is 18.6 Å². The molecule has 0 aliphatic carbocycles. The predicted molar refractivity (Wildman–Crippen MR) is 97.4 cm³/mol. The summed E-state index contributed by atoms with van der Waals surface area (Å²) in [6.07, 6.45) is 2.57. The molecule has 27 heavy (non-hydrogen) atoms. The normalized spacial score (nSPS) is 12.9. The first-order valence-electron chi connectivity index (χ1n) is 7.87. The third kappa shape index (κ3) is 6.32. The van der Waals surface area contributed by atoms with Crippen LogP contribution in [0.25, 0.3) is 0 Å². The third-order valence-electron chi connectivity index (χ3n) is 3.46. The van der Waals surface area contributed by atoms with Gasteiger partial charge in [0.2, 0.25) is 15.9 Å². The molecule has 1 aromatic carbocycles. The lowest BCUT2D eigenvalue weighted by molar-refractivity contribution is -0.116. The van der Waals surface area contributed by atoms with Gasteiger partial charge in [-0.1, -0.05) is 12.1 Å². The maximum Gasteiger partial charge on any atom is 0.241 e. The number of carbonyl (C=O) groups excluding carboxylic acids is 1. The van der Waals surface area contributed by atoms with Gasteiger partial charge in [-0.05, 0) is 24.6 Å². The second-order valence-corrected chi connectivity index (χ2v) is 7.51. The van der Waals surface area contributed by atoms with Crippen molar-refractivity contribution in [2.24, 2.45) is 17.3 Å². The molecule has 11 nitrogen and oxygen atoms in total. The molecule has 12 heteroatoms. The molecule has 2 rings (SSSR count). The summed E-state index contributed by atoms with van der Waals surface area (Å²) < 4.78 is 26.1. The van der Waals surface area contributed by atoms with E-state index in [4.69, 9.17) is 17.3 Å². The zero-order valence-electron chi connectivity index (χ0n) is 14.7. The Kier molecular flexibility index (Phi) is 6.90. The number of nitrogens with two attached hydrogens (primary N) is 3. The number of hydrogen-bond acceptors (Lipinski definition) is 9. The summed E-state index contributed by atoms with van der Waals surface area (Å²) in [6.45, 7) is 1.62. The highest BCUT2D eigenvalue weighted by atomic mass is 32.2. The van der Waals surface area contributed by atoms with E-state index in [1.165, 1.54) is 29.4 Å². The topological polar surface area (TPSA) is 182 Å². The average Bonchev–Trinajstić information content (AvgIpc) is 2.62. The standard InChI is InChI=1S/C15H22N8O3S/c1-10-6-20-12(7-19-10)9-23(18)22-15(17)11-2-4-13(5-3-11)27(25,26)21-8-14(16)24/h2-7,15,21-22H,8-9,17-18H2,1H3,(H2,16,24). The van der Waals surface area contributed by atoms with Crippen molar-refractivity contribution in [3.05, 3.63) is 53.6 Å². The van der Waals surface area contributed by atoms with Crippen LogP contribution in [0.5, 0.6) is 0 Å². The van der Waals surface area contributed by atoms with Crippen LogP contribution in [-0.4, -0.2) is 36.0 Å². The lowest BCUT2D eigenvalue weighted by Crippen LogP contribution is -2.47. The zero-order valence-corrected chi connectivity index (χ0v) is 15.5. The molecule has 1 amide bonds. The van der Waals surface area contributed by atoms with Crippen LogP contribution in [0.1, 0.15) is 23.1 Å². The van der Waals surface area contributed by atoms with Crippen molar-refractivity contribution < 1.29 is 13.2 Å². The molecule has 0 aliphatic heterocycles. The number of aromatic nitrogens is 2. The summed E-state index contributed by atoms with van der Waals surface area (Å²) >= 11 is 0. The Morgan fingerprint density at radius 2 is 1.89 bits per heavy atom. The molecule has 1 atom stereocenters. The summed E-state index contributed by atoms with van der Waals surface area (Å²) in [5.41, 5.74) is 15.9. The van der Waals surface area contributed by atoms with Crippen molar-refractivity contribution >= 4 is 15.9 Å². The molecule has 0 saturated heterocycles. The molecule has 0 radical (unpaired) electrons. The summed E-state index contributed by atoms with van der Waals surface area (Å²) in [5.74, 6) is 5.10.